The van der Waals surface area contributed by atoms with E-state index >= 15 is 0 Å². The topological polar surface area (TPSA) is 74.8 Å². The fraction of sp³-hybridized carbons (Fsp3) is 0.250. The standard InChI is InChI=1S/C16H16Cl2N2O3/c1-9(19-20-11-3-5-14(17)15(18)7-11)13-8-12(23-10(13)2)4-6-16(21)22/h3,5,7-8,20H,4,6H2,1-2H3,(H,21,22)/b19-9-. The number of nitrogens with one attached hydrogen (secondary N) is 1. The highest BCUT2D eigenvalue weighted by Gasteiger charge is 2.11. The van der Waals surface area contributed by atoms with Crippen LogP contribution in [-0.4, -0.2) is 16.8 Å². The molecule has 0 atom stereocenters. The zero-order chi connectivity index (χ0) is 17.0. The molecule has 5 nitrogen and oxygen atoms in total. The summed E-state index contributed by atoms with van der Waals surface area (Å²) in [5.41, 5.74) is 5.17. The second-order valence-corrected chi connectivity index (χ2v) is 5.83. The van der Waals surface area contributed by atoms with Crippen molar-refractivity contribution in [3.8, 4) is 0 Å². The van der Waals surface area contributed by atoms with Crippen LogP contribution in [-0.2, 0) is 11.2 Å². The SMILES string of the molecule is C/C(=N/Nc1ccc(Cl)c(Cl)c1)c1cc(CCC(=O)O)oc1C. The molecular formula is C16H16Cl2N2O3. The fourth-order valence-corrected chi connectivity index (χ4v) is 2.33. The minimum Gasteiger partial charge on any atom is -0.481 e. The predicted molar refractivity (Wildman–Crippen MR) is 91.7 cm³/mol. The van der Waals surface area contributed by atoms with Crippen LogP contribution in [0.25, 0.3) is 0 Å². The van der Waals surface area contributed by atoms with E-state index < -0.39 is 5.97 Å². The van der Waals surface area contributed by atoms with Gasteiger partial charge in [-0.15, -0.1) is 0 Å². The van der Waals surface area contributed by atoms with E-state index in [1.54, 1.807) is 18.2 Å². The Kier molecular flexibility index (Phi) is 5.69. The number of rotatable bonds is 6. The maximum absolute atomic E-state index is 10.6. The number of anilines is 1. The fourth-order valence-electron chi connectivity index (χ4n) is 2.03. The summed E-state index contributed by atoms with van der Waals surface area (Å²) in [5, 5.41) is 13.9. The van der Waals surface area contributed by atoms with Gasteiger partial charge >= 0.3 is 5.97 Å². The Morgan fingerprint density at radius 1 is 1.30 bits per heavy atom. The summed E-state index contributed by atoms with van der Waals surface area (Å²) in [6, 6.07) is 6.95. The average molecular weight is 355 g/mol. The molecule has 0 aliphatic heterocycles. The number of carbonyl (C=O) groups is 1. The number of furan rings is 1. The highest BCUT2D eigenvalue weighted by atomic mass is 35.5. The number of carboxylic acid groups (broad SMARTS) is 1. The molecule has 122 valence electrons. The summed E-state index contributed by atoms with van der Waals surface area (Å²) >= 11 is 11.8. The first-order valence-electron chi connectivity index (χ1n) is 6.93. The number of benzene rings is 1. The van der Waals surface area contributed by atoms with E-state index in [0.717, 1.165) is 11.3 Å². The van der Waals surface area contributed by atoms with Gasteiger partial charge in [-0.3, -0.25) is 10.2 Å². The van der Waals surface area contributed by atoms with Crippen molar-refractivity contribution >= 4 is 40.6 Å². The lowest BCUT2D eigenvalue weighted by molar-refractivity contribution is -0.137. The monoisotopic (exact) mass is 354 g/mol. The van der Waals surface area contributed by atoms with Crippen LogP contribution in [0.2, 0.25) is 10.0 Å². The van der Waals surface area contributed by atoms with Crippen LogP contribution in [0.15, 0.2) is 33.8 Å². The third kappa shape index (κ3) is 4.74. The summed E-state index contributed by atoms with van der Waals surface area (Å²) in [6.45, 7) is 3.65. The third-order valence-corrected chi connectivity index (χ3v) is 3.96. The van der Waals surface area contributed by atoms with Crippen LogP contribution in [0.5, 0.6) is 0 Å². The molecule has 0 spiro atoms. The van der Waals surface area contributed by atoms with E-state index in [1.807, 2.05) is 19.9 Å². The first kappa shape index (κ1) is 17.4. The van der Waals surface area contributed by atoms with E-state index in [9.17, 15) is 4.79 Å². The van der Waals surface area contributed by atoms with E-state index in [0.29, 0.717) is 33.7 Å². The van der Waals surface area contributed by atoms with Crippen molar-refractivity contribution in [2.45, 2.75) is 26.7 Å². The molecule has 0 saturated heterocycles. The molecule has 1 aromatic carbocycles. The summed E-state index contributed by atoms with van der Waals surface area (Å²) in [4.78, 5) is 10.6. The van der Waals surface area contributed by atoms with E-state index in [4.69, 9.17) is 32.7 Å². The molecule has 0 bridgehead atoms. The molecular weight excluding hydrogens is 339 g/mol. The summed E-state index contributed by atoms with van der Waals surface area (Å²) in [6.07, 6.45) is 0.383. The molecule has 2 N–H and O–H groups in total. The van der Waals surface area contributed by atoms with Crippen LogP contribution >= 0.6 is 23.2 Å². The number of nitrogens with zero attached hydrogens (tertiary/aromatic N) is 1. The molecule has 0 aliphatic carbocycles. The Balaban J connectivity index is 2.11. The van der Waals surface area contributed by atoms with Crippen LogP contribution in [0.3, 0.4) is 0 Å². The molecule has 7 heteroatoms. The van der Waals surface area contributed by atoms with Gasteiger partial charge < -0.3 is 9.52 Å². The smallest absolute Gasteiger partial charge is 0.303 e. The van der Waals surface area contributed by atoms with Gasteiger partial charge in [0.2, 0.25) is 0 Å². The lowest BCUT2D eigenvalue weighted by Gasteiger charge is -2.04. The van der Waals surface area contributed by atoms with Crippen molar-refractivity contribution in [3.63, 3.8) is 0 Å². The van der Waals surface area contributed by atoms with Crippen molar-refractivity contribution < 1.29 is 14.3 Å². The molecule has 2 rings (SSSR count). The van der Waals surface area contributed by atoms with Gasteiger partial charge in [0.05, 0.1) is 27.9 Å². The van der Waals surface area contributed by atoms with Crippen molar-refractivity contribution in [3.05, 3.63) is 51.4 Å². The maximum atomic E-state index is 10.6. The lowest BCUT2D eigenvalue weighted by atomic mass is 10.1. The average Bonchev–Trinajstić information content (AvgIpc) is 2.87. The number of halogens is 2. The molecule has 2 aromatic rings. The van der Waals surface area contributed by atoms with Gasteiger partial charge in [0.25, 0.3) is 0 Å². The van der Waals surface area contributed by atoms with Gasteiger partial charge in [-0.25, -0.2) is 0 Å². The third-order valence-electron chi connectivity index (χ3n) is 3.22. The number of hydrazone groups is 1. The number of aryl methyl sites for hydroxylation is 2. The Morgan fingerprint density at radius 2 is 2.04 bits per heavy atom. The second kappa shape index (κ2) is 7.53. The first-order valence-corrected chi connectivity index (χ1v) is 7.69. The van der Waals surface area contributed by atoms with Gasteiger partial charge in [-0.05, 0) is 38.1 Å². The lowest BCUT2D eigenvalue weighted by Crippen LogP contribution is -2.00. The molecule has 1 aromatic heterocycles. The van der Waals surface area contributed by atoms with Gasteiger partial charge in [0, 0.05) is 12.0 Å². The molecule has 1 heterocycles. The number of hydrogen-bond donors (Lipinski definition) is 2. The second-order valence-electron chi connectivity index (χ2n) is 5.01. The molecule has 23 heavy (non-hydrogen) atoms. The maximum Gasteiger partial charge on any atom is 0.303 e. The highest BCUT2D eigenvalue weighted by molar-refractivity contribution is 6.42. The number of carboxylic acids is 1. The zero-order valence-electron chi connectivity index (χ0n) is 12.7. The first-order chi connectivity index (χ1) is 10.9. The van der Waals surface area contributed by atoms with E-state index in [-0.39, 0.29) is 6.42 Å². The largest absolute Gasteiger partial charge is 0.481 e. The van der Waals surface area contributed by atoms with Crippen molar-refractivity contribution in [2.75, 3.05) is 5.43 Å². The van der Waals surface area contributed by atoms with Crippen molar-refractivity contribution in [1.82, 2.24) is 0 Å². The van der Waals surface area contributed by atoms with Gasteiger partial charge in [-0.1, -0.05) is 23.2 Å². The minimum atomic E-state index is -0.854. The van der Waals surface area contributed by atoms with Crippen LogP contribution < -0.4 is 5.43 Å². The number of hydrogen-bond acceptors (Lipinski definition) is 4. The number of aliphatic carboxylic acids is 1. The van der Waals surface area contributed by atoms with Crippen molar-refractivity contribution in [1.29, 1.82) is 0 Å². The molecule has 0 aliphatic rings. The minimum absolute atomic E-state index is 0.0319. The molecule has 0 fully saturated rings. The normalized spacial score (nSPS) is 11.6. The van der Waals surface area contributed by atoms with Gasteiger partial charge in [0.1, 0.15) is 11.5 Å². The van der Waals surface area contributed by atoms with Gasteiger partial charge in [0.15, 0.2) is 0 Å². The molecule has 0 saturated carbocycles. The summed E-state index contributed by atoms with van der Waals surface area (Å²) in [5.74, 6) is 0.471. The van der Waals surface area contributed by atoms with E-state index in [2.05, 4.69) is 10.5 Å². The summed E-state index contributed by atoms with van der Waals surface area (Å²) in [7, 11) is 0. The van der Waals surface area contributed by atoms with Crippen LogP contribution in [0.1, 0.15) is 30.4 Å². The van der Waals surface area contributed by atoms with Crippen LogP contribution in [0.4, 0.5) is 5.69 Å². The van der Waals surface area contributed by atoms with E-state index in [1.165, 1.54) is 0 Å². The molecule has 0 radical (unpaired) electrons. The quantitative estimate of drug-likeness (QED) is 0.579. The zero-order valence-corrected chi connectivity index (χ0v) is 14.2. The molecule has 0 unspecified atom stereocenters. The predicted octanol–water partition coefficient (Wildman–Crippen LogP) is 4.75. The Hall–Kier alpha value is -1.98. The Labute approximate surface area is 143 Å². The van der Waals surface area contributed by atoms with Crippen molar-refractivity contribution in [2.24, 2.45) is 5.10 Å². The highest BCUT2D eigenvalue weighted by Crippen LogP contribution is 2.25. The summed E-state index contributed by atoms with van der Waals surface area (Å²) < 4.78 is 5.56. The Bertz CT molecular complexity index is 754. The van der Waals surface area contributed by atoms with Crippen LogP contribution in [0, 0.1) is 6.92 Å². The Morgan fingerprint density at radius 3 is 2.70 bits per heavy atom. The van der Waals surface area contributed by atoms with Gasteiger partial charge in [-0.2, -0.15) is 5.10 Å². The molecule has 0 amide bonds.